The van der Waals surface area contributed by atoms with Gasteiger partial charge in [-0.25, -0.2) is 0 Å². The fraction of sp³-hybridized carbons (Fsp3) is 0.273. The minimum Gasteiger partial charge on any atom is -0.496 e. The minimum atomic E-state index is -0.0965. The molecule has 0 aliphatic carbocycles. The van der Waals surface area contributed by atoms with Crippen LogP contribution in [0.4, 0.5) is 5.69 Å². The highest BCUT2D eigenvalue weighted by Crippen LogP contribution is 2.31. The molecule has 3 aromatic rings. The molecular formula is C22H23N3O3. The Kier molecular flexibility index (Phi) is 5.12. The first-order chi connectivity index (χ1) is 13.6. The van der Waals surface area contributed by atoms with Crippen molar-refractivity contribution in [1.82, 2.24) is 10.3 Å². The molecule has 0 bridgehead atoms. The maximum absolute atomic E-state index is 12.2. The third-order valence-electron chi connectivity index (χ3n) is 4.82. The Hall–Kier alpha value is -3.12. The predicted octanol–water partition coefficient (Wildman–Crippen LogP) is 4.03. The van der Waals surface area contributed by atoms with Crippen LogP contribution in [0.3, 0.4) is 0 Å². The number of carbonyl (C=O) groups is 1. The van der Waals surface area contributed by atoms with Crippen molar-refractivity contribution >= 4 is 22.5 Å². The fourth-order valence-corrected chi connectivity index (χ4v) is 3.41. The number of hydrogen-bond donors (Lipinski definition) is 2. The van der Waals surface area contributed by atoms with Crippen LogP contribution in [0.25, 0.3) is 10.9 Å². The van der Waals surface area contributed by atoms with Crippen molar-refractivity contribution in [2.75, 3.05) is 19.0 Å². The van der Waals surface area contributed by atoms with E-state index in [-0.39, 0.29) is 11.9 Å². The van der Waals surface area contributed by atoms with Crippen molar-refractivity contribution in [1.29, 1.82) is 0 Å². The summed E-state index contributed by atoms with van der Waals surface area (Å²) >= 11 is 0. The molecule has 1 amide bonds. The number of pyridine rings is 1. The lowest BCUT2D eigenvalue weighted by Gasteiger charge is -2.12. The highest BCUT2D eigenvalue weighted by Gasteiger charge is 2.21. The summed E-state index contributed by atoms with van der Waals surface area (Å²) in [4.78, 5) is 16.7. The Morgan fingerprint density at radius 3 is 2.64 bits per heavy atom. The summed E-state index contributed by atoms with van der Waals surface area (Å²) in [5.41, 5.74) is 2.53. The van der Waals surface area contributed by atoms with E-state index in [2.05, 4.69) is 15.6 Å². The summed E-state index contributed by atoms with van der Waals surface area (Å²) in [6, 6.07) is 14.9. The van der Waals surface area contributed by atoms with Gasteiger partial charge in [-0.3, -0.25) is 9.78 Å². The molecule has 1 aliphatic heterocycles. The summed E-state index contributed by atoms with van der Waals surface area (Å²) in [6.07, 6.45) is 1.92. The number of methoxy groups -OCH3 is 1. The van der Waals surface area contributed by atoms with E-state index in [1.54, 1.807) is 7.11 Å². The first-order valence-electron chi connectivity index (χ1n) is 9.40. The van der Waals surface area contributed by atoms with Crippen molar-refractivity contribution in [2.45, 2.75) is 25.8 Å². The van der Waals surface area contributed by atoms with Crippen LogP contribution in [0, 0.1) is 6.92 Å². The quantitative estimate of drug-likeness (QED) is 0.702. The number of anilines is 1. The van der Waals surface area contributed by atoms with E-state index < -0.39 is 0 Å². The Morgan fingerprint density at radius 2 is 1.93 bits per heavy atom. The number of nitrogens with zero attached hydrogens (tertiary/aromatic N) is 1. The molecule has 0 unspecified atom stereocenters. The molecule has 2 aromatic carbocycles. The Bertz CT molecular complexity index is 996. The van der Waals surface area contributed by atoms with Gasteiger partial charge in [-0.15, -0.1) is 0 Å². The second-order valence-electron chi connectivity index (χ2n) is 6.91. The second-order valence-corrected chi connectivity index (χ2v) is 6.91. The van der Waals surface area contributed by atoms with Gasteiger partial charge in [-0.2, -0.15) is 0 Å². The maximum Gasteiger partial charge on any atom is 0.241 e. The molecule has 0 radical (unpaired) electrons. The van der Waals surface area contributed by atoms with Crippen molar-refractivity contribution in [3.63, 3.8) is 0 Å². The second kappa shape index (κ2) is 7.86. The van der Waals surface area contributed by atoms with Gasteiger partial charge >= 0.3 is 0 Å². The zero-order chi connectivity index (χ0) is 19.5. The van der Waals surface area contributed by atoms with E-state index in [1.807, 2.05) is 55.5 Å². The standard InChI is InChI=1S/C22H23N3O3/c1-14-12-21(27-2)18-13-17(9-10-19(18)24-14)28-16-7-5-15(6-8-16)25-22(26)20-4-3-11-23-20/h5-10,12-13,20,23H,3-4,11H2,1-2H3,(H,25,26)/t20-/m0/s1. The number of rotatable bonds is 5. The van der Waals surface area contributed by atoms with Gasteiger partial charge in [-0.1, -0.05) is 0 Å². The average Bonchev–Trinajstić information content (AvgIpc) is 3.24. The molecular weight excluding hydrogens is 354 g/mol. The van der Waals surface area contributed by atoms with Crippen LogP contribution >= 0.6 is 0 Å². The highest BCUT2D eigenvalue weighted by atomic mass is 16.5. The number of benzene rings is 2. The van der Waals surface area contributed by atoms with Crippen molar-refractivity contribution < 1.29 is 14.3 Å². The van der Waals surface area contributed by atoms with Crippen LogP contribution < -0.4 is 20.1 Å². The van der Waals surface area contributed by atoms with Crippen LogP contribution in [-0.2, 0) is 4.79 Å². The number of carbonyl (C=O) groups excluding carboxylic acids is 1. The number of nitrogens with one attached hydrogen (secondary N) is 2. The maximum atomic E-state index is 12.2. The summed E-state index contributed by atoms with van der Waals surface area (Å²) in [6.45, 7) is 2.84. The third kappa shape index (κ3) is 3.92. The average molecular weight is 377 g/mol. The topological polar surface area (TPSA) is 72.5 Å². The van der Waals surface area contributed by atoms with Gasteiger partial charge in [0.15, 0.2) is 0 Å². The van der Waals surface area contributed by atoms with Crippen molar-refractivity contribution in [3.05, 3.63) is 54.2 Å². The van der Waals surface area contributed by atoms with E-state index in [0.717, 1.165) is 47.4 Å². The lowest BCUT2D eigenvalue weighted by atomic mass is 10.1. The highest BCUT2D eigenvalue weighted by molar-refractivity contribution is 5.95. The van der Waals surface area contributed by atoms with Crippen LogP contribution in [0.2, 0.25) is 0 Å². The number of hydrogen-bond acceptors (Lipinski definition) is 5. The van der Waals surface area contributed by atoms with E-state index in [4.69, 9.17) is 9.47 Å². The fourth-order valence-electron chi connectivity index (χ4n) is 3.41. The van der Waals surface area contributed by atoms with E-state index in [0.29, 0.717) is 11.5 Å². The molecule has 0 spiro atoms. The van der Waals surface area contributed by atoms with E-state index in [9.17, 15) is 4.79 Å². The number of ether oxygens (including phenoxy) is 2. The molecule has 1 aliphatic rings. The number of amides is 1. The number of fused-ring (bicyclic) bond motifs is 1. The zero-order valence-electron chi connectivity index (χ0n) is 16.0. The Labute approximate surface area is 163 Å². The van der Waals surface area contributed by atoms with Crippen molar-refractivity contribution in [3.8, 4) is 17.2 Å². The molecule has 144 valence electrons. The summed E-state index contributed by atoms with van der Waals surface area (Å²) in [5.74, 6) is 2.17. The van der Waals surface area contributed by atoms with Gasteiger partial charge in [-0.05, 0) is 68.8 Å². The normalized spacial score (nSPS) is 16.1. The van der Waals surface area contributed by atoms with E-state index in [1.165, 1.54) is 0 Å². The van der Waals surface area contributed by atoms with Crippen LogP contribution in [0.5, 0.6) is 17.2 Å². The smallest absolute Gasteiger partial charge is 0.241 e. The molecule has 4 rings (SSSR count). The molecule has 6 heteroatoms. The van der Waals surface area contributed by atoms with Gasteiger partial charge in [0.2, 0.25) is 5.91 Å². The molecule has 1 aromatic heterocycles. The molecule has 28 heavy (non-hydrogen) atoms. The Balaban J connectivity index is 1.48. The summed E-state index contributed by atoms with van der Waals surface area (Å²) < 4.78 is 11.4. The van der Waals surface area contributed by atoms with Crippen LogP contribution in [-0.4, -0.2) is 30.6 Å². The van der Waals surface area contributed by atoms with Crippen molar-refractivity contribution in [2.24, 2.45) is 0 Å². The minimum absolute atomic E-state index is 0.00980. The monoisotopic (exact) mass is 377 g/mol. The molecule has 2 heterocycles. The Morgan fingerprint density at radius 1 is 1.14 bits per heavy atom. The molecule has 2 N–H and O–H groups in total. The van der Waals surface area contributed by atoms with Gasteiger partial charge in [0.05, 0.1) is 18.7 Å². The van der Waals surface area contributed by atoms with Gasteiger partial charge in [0.25, 0.3) is 0 Å². The number of aromatic nitrogens is 1. The molecule has 0 saturated carbocycles. The van der Waals surface area contributed by atoms with Gasteiger partial charge < -0.3 is 20.1 Å². The molecule has 1 fully saturated rings. The van der Waals surface area contributed by atoms with Gasteiger partial charge in [0, 0.05) is 22.8 Å². The summed E-state index contributed by atoms with van der Waals surface area (Å²) in [5, 5.41) is 7.04. The summed E-state index contributed by atoms with van der Waals surface area (Å²) in [7, 11) is 1.65. The van der Waals surface area contributed by atoms with E-state index >= 15 is 0 Å². The number of aryl methyl sites for hydroxylation is 1. The lowest BCUT2D eigenvalue weighted by Crippen LogP contribution is -2.35. The first-order valence-corrected chi connectivity index (χ1v) is 9.40. The molecule has 1 atom stereocenters. The SMILES string of the molecule is COc1cc(C)nc2ccc(Oc3ccc(NC(=O)[C@@H]4CCCN4)cc3)cc12. The van der Waals surface area contributed by atoms with Crippen LogP contribution in [0.1, 0.15) is 18.5 Å². The molecule has 6 nitrogen and oxygen atoms in total. The predicted molar refractivity (Wildman–Crippen MR) is 109 cm³/mol. The largest absolute Gasteiger partial charge is 0.496 e. The molecule has 1 saturated heterocycles. The zero-order valence-corrected chi connectivity index (χ0v) is 16.0. The van der Waals surface area contributed by atoms with Gasteiger partial charge in [0.1, 0.15) is 17.2 Å². The lowest BCUT2D eigenvalue weighted by molar-refractivity contribution is -0.117. The first kappa shape index (κ1) is 18.3. The van der Waals surface area contributed by atoms with Crippen LogP contribution in [0.15, 0.2) is 48.5 Å². The third-order valence-corrected chi connectivity index (χ3v) is 4.82.